The minimum atomic E-state index is -0.128. The molecule has 0 fully saturated rings. The Bertz CT molecular complexity index is 366. The zero-order valence-corrected chi connectivity index (χ0v) is 9.51. The predicted octanol–water partition coefficient (Wildman–Crippen LogP) is 1.97. The SMILES string of the molecule is CNC(=O)C(C)Cc1ccc(O)cc1Cl. The van der Waals surface area contributed by atoms with Gasteiger partial charge >= 0.3 is 0 Å². The number of halogens is 1. The van der Waals surface area contributed by atoms with Crippen molar-refractivity contribution in [3.8, 4) is 5.75 Å². The van der Waals surface area contributed by atoms with Gasteiger partial charge in [0, 0.05) is 18.0 Å². The van der Waals surface area contributed by atoms with E-state index in [1.54, 1.807) is 19.2 Å². The summed E-state index contributed by atoms with van der Waals surface area (Å²) >= 11 is 5.93. The smallest absolute Gasteiger partial charge is 0.222 e. The number of hydrogen-bond acceptors (Lipinski definition) is 2. The molecule has 0 aliphatic rings. The molecule has 4 heteroatoms. The third-order valence-electron chi connectivity index (χ3n) is 2.26. The number of phenolic OH excluding ortho intramolecular Hbond substituents is 1. The van der Waals surface area contributed by atoms with Gasteiger partial charge in [0.1, 0.15) is 5.75 Å². The predicted molar refractivity (Wildman–Crippen MR) is 60.1 cm³/mol. The molecular formula is C11H14ClNO2. The second kappa shape index (κ2) is 5.03. The molecule has 0 saturated heterocycles. The van der Waals surface area contributed by atoms with Crippen LogP contribution in [-0.2, 0) is 11.2 Å². The molecule has 1 rings (SSSR count). The second-order valence-electron chi connectivity index (χ2n) is 3.50. The molecule has 82 valence electrons. The van der Waals surface area contributed by atoms with Gasteiger partial charge in [0.25, 0.3) is 0 Å². The number of rotatable bonds is 3. The van der Waals surface area contributed by atoms with E-state index in [9.17, 15) is 4.79 Å². The largest absolute Gasteiger partial charge is 0.508 e. The molecule has 3 nitrogen and oxygen atoms in total. The van der Waals surface area contributed by atoms with Crippen LogP contribution in [0.4, 0.5) is 0 Å². The molecule has 1 unspecified atom stereocenters. The van der Waals surface area contributed by atoms with E-state index in [-0.39, 0.29) is 17.6 Å². The summed E-state index contributed by atoms with van der Waals surface area (Å²) in [5.74, 6) is -0.00692. The molecule has 1 aromatic carbocycles. The minimum Gasteiger partial charge on any atom is -0.508 e. The molecule has 0 saturated carbocycles. The van der Waals surface area contributed by atoms with Crippen molar-refractivity contribution in [2.24, 2.45) is 5.92 Å². The number of amides is 1. The lowest BCUT2D eigenvalue weighted by atomic mass is 10.0. The summed E-state index contributed by atoms with van der Waals surface area (Å²) in [4.78, 5) is 11.3. The van der Waals surface area contributed by atoms with Crippen LogP contribution in [0.2, 0.25) is 5.02 Å². The Labute approximate surface area is 94.1 Å². The van der Waals surface area contributed by atoms with Crippen molar-refractivity contribution in [2.45, 2.75) is 13.3 Å². The first-order valence-electron chi connectivity index (χ1n) is 4.73. The molecule has 1 aromatic rings. The third-order valence-corrected chi connectivity index (χ3v) is 2.61. The lowest BCUT2D eigenvalue weighted by molar-refractivity contribution is -0.123. The van der Waals surface area contributed by atoms with Gasteiger partial charge in [-0.25, -0.2) is 0 Å². The molecule has 0 heterocycles. The maximum absolute atomic E-state index is 11.3. The average Bonchev–Trinajstić information content (AvgIpc) is 2.20. The number of carbonyl (C=O) groups is 1. The summed E-state index contributed by atoms with van der Waals surface area (Å²) in [5.41, 5.74) is 0.866. The standard InChI is InChI=1S/C11H14ClNO2/c1-7(11(15)13-2)5-8-3-4-9(14)6-10(8)12/h3-4,6-7,14H,5H2,1-2H3,(H,13,15). The van der Waals surface area contributed by atoms with Crippen LogP contribution in [-0.4, -0.2) is 18.1 Å². The van der Waals surface area contributed by atoms with Gasteiger partial charge in [0.05, 0.1) is 0 Å². The first-order valence-corrected chi connectivity index (χ1v) is 5.11. The van der Waals surface area contributed by atoms with Crippen LogP contribution < -0.4 is 5.32 Å². The van der Waals surface area contributed by atoms with Gasteiger partial charge in [0.2, 0.25) is 5.91 Å². The molecule has 15 heavy (non-hydrogen) atoms. The number of benzene rings is 1. The summed E-state index contributed by atoms with van der Waals surface area (Å²) in [6.07, 6.45) is 0.568. The Morgan fingerprint density at radius 1 is 1.60 bits per heavy atom. The molecule has 2 N–H and O–H groups in total. The van der Waals surface area contributed by atoms with Gasteiger partial charge in [-0.15, -0.1) is 0 Å². The fraction of sp³-hybridized carbons (Fsp3) is 0.364. The molecule has 0 aliphatic heterocycles. The molecule has 1 amide bonds. The minimum absolute atomic E-state index is 0.0147. The van der Waals surface area contributed by atoms with Crippen molar-refractivity contribution in [3.63, 3.8) is 0 Å². The molecular weight excluding hydrogens is 214 g/mol. The van der Waals surface area contributed by atoms with Crippen molar-refractivity contribution < 1.29 is 9.90 Å². The van der Waals surface area contributed by atoms with E-state index < -0.39 is 0 Å². The zero-order chi connectivity index (χ0) is 11.4. The maximum atomic E-state index is 11.3. The monoisotopic (exact) mass is 227 g/mol. The first kappa shape index (κ1) is 11.9. The van der Waals surface area contributed by atoms with Crippen molar-refractivity contribution in [3.05, 3.63) is 28.8 Å². The van der Waals surface area contributed by atoms with Crippen molar-refractivity contribution in [1.29, 1.82) is 0 Å². The highest BCUT2D eigenvalue weighted by Crippen LogP contribution is 2.23. The molecule has 0 spiro atoms. The van der Waals surface area contributed by atoms with Crippen LogP contribution >= 0.6 is 11.6 Å². The Hall–Kier alpha value is -1.22. The van der Waals surface area contributed by atoms with Gasteiger partial charge in [0.15, 0.2) is 0 Å². The summed E-state index contributed by atoms with van der Waals surface area (Å²) in [7, 11) is 1.61. The van der Waals surface area contributed by atoms with Crippen molar-refractivity contribution >= 4 is 17.5 Å². The van der Waals surface area contributed by atoms with Gasteiger partial charge in [-0.05, 0) is 24.1 Å². The van der Waals surface area contributed by atoms with E-state index in [2.05, 4.69) is 5.32 Å². The lowest BCUT2D eigenvalue weighted by Gasteiger charge is -2.11. The van der Waals surface area contributed by atoms with E-state index in [0.717, 1.165) is 5.56 Å². The van der Waals surface area contributed by atoms with E-state index in [0.29, 0.717) is 11.4 Å². The molecule has 0 aliphatic carbocycles. The van der Waals surface area contributed by atoms with Gasteiger partial charge in [-0.3, -0.25) is 4.79 Å². The Morgan fingerprint density at radius 2 is 2.27 bits per heavy atom. The highest BCUT2D eigenvalue weighted by molar-refractivity contribution is 6.31. The first-order chi connectivity index (χ1) is 7.04. The van der Waals surface area contributed by atoms with Crippen molar-refractivity contribution in [1.82, 2.24) is 5.32 Å². The Balaban J connectivity index is 2.76. The number of phenols is 1. The summed E-state index contributed by atoms with van der Waals surface area (Å²) < 4.78 is 0. The Kier molecular flexibility index (Phi) is 3.97. The lowest BCUT2D eigenvalue weighted by Crippen LogP contribution is -2.26. The maximum Gasteiger partial charge on any atom is 0.222 e. The summed E-state index contributed by atoms with van der Waals surface area (Å²) in [6, 6.07) is 4.78. The summed E-state index contributed by atoms with van der Waals surface area (Å²) in [6.45, 7) is 1.84. The van der Waals surface area contributed by atoms with E-state index in [1.807, 2.05) is 6.92 Å². The van der Waals surface area contributed by atoms with Gasteiger partial charge in [-0.1, -0.05) is 24.6 Å². The number of nitrogens with one attached hydrogen (secondary N) is 1. The van der Waals surface area contributed by atoms with E-state index in [1.165, 1.54) is 6.07 Å². The van der Waals surface area contributed by atoms with Crippen LogP contribution in [0, 0.1) is 5.92 Å². The highest BCUT2D eigenvalue weighted by Gasteiger charge is 2.13. The highest BCUT2D eigenvalue weighted by atomic mass is 35.5. The van der Waals surface area contributed by atoms with E-state index >= 15 is 0 Å². The Morgan fingerprint density at radius 3 is 2.80 bits per heavy atom. The molecule has 1 atom stereocenters. The quantitative estimate of drug-likeness (QED) is 0.830. The van der Waals surface area contributed by atoms with Crippen LogP contribution in [0.5, 0.6) is 5.75 Å². The van der Waals surface area contributed by atoms with Crippen LogP contribution in [0.3, 0.4) is 0 Å². The summed E-state index contributed by atoms with van der Waals surface area (Å²) in [5, 5.41) is 12.2. The topological polar surface area (TPSA) is 49.3 Å². The fourth-order valence-corrected chi connectivity index (χ4v) is 1.62. The number of hydrogen-bond donors (Lipinski definition) is 2. The third kappa shape index (κ3) is 3.13. The zero-order valence-electron chi connectivity index (χ0n) is 8.75. The van der Waals surface area contributed by atoms with E-state index in [4.69, 9.17) is 16.7 Å². The molecule has 0 radical (unpaired) electrons. The average molecular weight is 228 g/mol. The van der Waals surface area contributed by atoms with Crippen LogP contribution in [0.1, 0.15) is 12.5 Å². The van der Waals surface area contributed by atoms with Crippen molar-refractivity contribution in [2.75, 3.05) is 7.05 Å². The second-order valence-corrected chi connectivity index (χ2v) is 3.90. The molecule has 0 aromatic heterocycles. The van der Waals surface area contributed by atoms with Gasteiger partial charge < -0.3 is 10.4 Å². The molecule has 0 bridgehead atoms. The normalized spacial score (nSPS) is 12.2. The number of aromatic hydroxyl groups is 1. The van der Waals surface area contributed by atoms with Gasteiger partial charge in [-0.2, -0.15) is 0 Å². The van der Waals surface area contributed by atoms with Crippen LogP contribution in [0.15, 0.2) is 18.2 Å². The fourth-order valence-electron chi connectivity index (χ4n) is 1.37. The van der Waals surface area contributed by atoms with Crippen LogP contribution in [0.25, 0.3) is 0 Å². The number of carbonyl (C=O) groups excluding carboxylic acids is 1.